The number of hydrogen-bond acceptors (Lipinski definition) is 5. The predicted molar refractivity (Wildman–Crippen MR) is 109 cm³/mol. The van der Waals surface area contributed by atoms with Crippen LogP contribution < -0.4 is 20.2 Å². The highest BCUT2D eigenvalue weighted by Crippen LogP contribution is 2.20. The lowest BCUT2D eigenvalue weighted by Gasteiger charge is -2.08. The lowest BCUT2D eigenvalue weighted by molar-refractivity contribution is -0.123. The monoisotopic (exact) mass is 403 g/mol. The SMILES string of the molecule is COc1cccc(OCC(=O)N/N=C(/C)CC(=O)Nc2ccc(C)c(Cl)c2)c1. The number of methoxy groups -OCH3 is 1. The number of benzene rings is 2. The number of ether oxygens (including phenoxy) is 2. The number of carbonyl (C=O) groups is 2. The summed E-state index contributed by atoms with van der Waals surface area (Å²) in [5, 5.41) is 7.22. The Kier molecular flexibility index (Phi) is 7.83. The second kappa shape index (κ2) is 10.3. The van der Waals surface area contributed by atoms with E-state index in [-0.39, 0.29) is 18.9 Å². The molecule has 0 radical (unpaired) electrons. The van der Waals surface area contributed by atoms with Gasteiger partial charge in [0, 0.05) is 22.5 Å². The average Bonchev–Trinajstić information content (AvgIpc) is 2.67. The van der Waals surface area contributed by atoms with E-state index >= 15 is 0 Å². The second-order valence-corrected chi connectivity index (χ2v) is 6.45. The fraction of sp³-hybridized carbons (Fsp3) is 0.250. The van der Waals surface area contributed by atoms with E-state index in [1.165, 1.54) is 0 Å². The molecule has 0 aliphatic rings. The van der Waals surface area contributed by atoms with Crippen LogP contribution in [-0.4, -0.2) is 31.2 Å². The number of anilines is 1. The summed E-state index contributed by atoms with van der Waals surface area (Å²) in [6, 6.07) is 12.2. The number of hydrogen-bond donors (Lipinski definition) is 2. The van der Waals surface area contributed by atoms with E-state index in [9.17, 15) is 9.59 Å². The molecular weight excluding hydrogens is 382 g/mol. The molecule has 2 amide bonds. The summed E-state index contributed by atoms with van der Waals surface area (Å²) in [5.74, 6) is 0.440. The number of amides is 2. The highest BCUT2D eigenvalue weighted by molar-refractivity contribution is 6.31. The van der Waals surface area contributed by atoms with Gasteiger partial charge in [-0.15, -0.1) is 0 Å². The van der Waals surface area contributed by atoms with Crippen molar-refractivity contribution in [1.82, 2.24) is 5.43 Å². The van der Waals surface area contributed by atoms with Gasteiger partial charge < -0.3 is 14.8 Å². The molecule has 2 aromatic rings. The van der Waals surface area contributed by atoms with E-state index in [4.69, 9.17) is 21.1 Å². The van der Waals surface area contributed by atoms with Crippen molar-refractivity contribution in [3.63, 3.8) is 0 Å². The van der Waals surface area contributed by atoms with Crippen molar-refractivity contribution < 1.29 is 19.1 Å². The van der Waals surface area contributed by atoms with Crippen molar-refractivity contribution in [2.24, 2.45) is 5.10 Å². The third-order valence-electron chi connectivity index (χ3n) is 3.65. The second-order valence-electron chi connectivity index (χ2n) is 6.04. The van der Waals surface area contributed by atoms with Crippen molar-refractivity contribution in [2.75, 3.05) is 19.0 Å². The Balaban J connectivity index is 1.78. The van der Waals surface area contributed by atoms with Crippen LogP contribution in [0.4, 0.5) is 5.69 Å². The van der Waals surface area contributed by atoms with Gasteiger partial charge in [-0.25, -0.2) is 5.43 Å². The molecule has 2 N–H and O–H groups in total. The number of nitrogens with zero attached hydrogens (tertiary/aromatic N) is 1. The van der Waals surface area contributed by atoms with E-state index in [1.807, 2.05) is 13.0 Å². The molecule has 0 aromatic heterocycles. The molecule has 0 unspecified atom stereocenters. The maximum Gasteiger partial charge on any atom is 0.277 e. The summed E-state index contributed by atoms with van der Waals surface area (Å²) >= 11 is 6.04. The van der Waals surface area contributed by atoms with Crippen LogP contribution in [0.1, 0.15) is 18.9 Å². The Morgan fingerprint density at radius 1 is 1.11 bits per heavy atom. The van der Waals surface area contributed by atoms with Gasteiger partial charge in [0.05, 0.1) is 13.5 Å². The van der Waals surface area contributed by atoms with E-state index in [2.05, 4.69) is 15.8 Å². The van der Waals surface area contributed by atoms with Gasteiger partial charge in [-0.1, -0.05) is 23.7 Å². The molecule has 28 heavy (non-hydrogen) atoms. The molecule has 0 spiro atoms. The fourth-order valence-electron chi connectivity index (χ4n) is 2.18. The highest BCUT2D eigenvalue weighted by atomic mass is 35.5. The normalized spacial score (nSPS) is 10.9. The molecule has 0 saturated carbocycles. The zero-order valence-electron chi connectivity index (χ0n) is 15.9. The number of hydrazone groups is 1. The van der Waals surface area contributed by atoms with Gasteiger partial charge in [-0.3, -0.25) is 9.59 Å². The quantitative estimate of drug-likeness (QED) is 0.521. The van der Waals surface area contributed by atoms with Gasteiger partial charge in [0.25, 0.3) is 5.91 Å². The summed E-state index contributed by atoms with van der Waals surface area (Å²) in [6.07, 6.45) is 0.0303. The van der Waals surface area contributed by atoms with Crippen molar-refractivity contribution in [3.05, 3.63) is 53.1 Å². The third kappa shape index (κ3) is 6.92. The van der Waals surface area contributed by atoms with Gasteiger partial charge in [0.1, 0.15) is 11.5 Å². The Morgan fingerprint density at radius 2 is 1.86 bits per heavy atom. The number of halogens is 1. The Labute approximate surface area is 168 Å². The molecule has 8 heteroatoms. The first-order valence-electron chi connectivity index (χ1n) is 8.52. The minimum Gasteiger partial charge on any atom is -0.497 e. The number of aryl methyl sites for hydroxylation is 1. The van der Waals surface area contributed by atoms with E-state index in [1.54, 1.807) is 50.4 Å². The minimum absolute atomic E-state index is 0.0303. The first-order chi connectivity index (χ1) is 13.4. The molecule has 0 saturated heterocycles. The Bertz CT molecular complexity index is 884. The van der Waals surface area contributed by atoms with Crippen molar-refractivity contribution >= 4 is 34.8 Å². The van der Waals surface area contributed by atoms with E-state index < -0.39 is 5.91 Å². The van der Waals surface area contributed by atoms with Crippen LogP contribution in [0.5, 0.6) is 11.5 Å². The maximum atomic E-state index is 12.1. The first kappa shape index (κ1) is 21.2. The lowest BCUT2D eigenvalue weighted by atomic mass is 10.2. The topological polar surface area (TPSA) is 89.0 Å². The predicted octanol–water partition coefficient (Wildman–Crippen LogP) is 3.56. The van der Waals surface area contributed by atoms with E-state index in [0.29, 0.717) is 27.9 Å². The molecule has 2 rings (SSSR count). The molecule has 0 atom stereocenters. The van der Waals surface area contributed by atoms with Crippen molar-refractivity contribution in [2.45, 2.75) is 20.3 Å². The van der Waals surface area contributed by atoms with Gasteiger partial charge in [-0.05, 0) is 43.7 Å². The zero-order chi connectivity index (χ0) is 20.5. The number of nitrogens with one attached hydrogen (secondary N) is 2. The van der Waals surface area contributed by atoms with Crippen LogP contribution in [0.2, 0.25) is 5.02 Å². The van der Waals surface area contributed by atoms with Crippen LogP contribution >= 0.6 is 11.6 Å². The van der Waals surface area contributed by atoms with Gasteiger partial charge in [0.2, 0.25) is 5.91 Å². The molecule has 0 fully saturated rings. The largest absolute Gasteiger partial charge is 0.497 e. The summed E-state index contributed by atoms with van der Waals surface area (Å²) in [7, 11) is 1.55. The lowest BCUT2D eigenvalue weighted by Crippen LogP contribution is -2.26. The zero-order valence-corrected chi connectivity index (χ0v) is 16.7. The molecule has 0 aliphatic carbocycles. The minimum atomic E-state index is -0.437. The van der Waals surface area contributed by atoms with E-state index in [0.717, 1.165) is 5.56 Å². The van der Waals surface area contributed by atoms with Crippen LogP contribution in [0, 0.1) is 6.92 Å². The van der Waals surface area contributed by atoms with Crippen molar-refractivity contribution in [1.29, 1.82) is 0 Å². The van der Waals surface area contributed by atoms with Crippen LogP contribution in [0.3, 0.4) is 0 Å². The molecular formula is C20H22ClN3O4. The van der Waals surface area contributed by atoms with Crippen molar-refractivity contribution in [3.8, 4) is 11.5 Å². The van der Waals surface area contributed by atoms with Gasteiger partial charge in [0.15, 0.2) is 6.61 Å². The van der Waals surface area contributed by atoms with Gasteiger partial charge >= 0.3 is 0 Å². The van der Waals surface area contributed by atoms with Crippen LogP contribution in [0.15, 0.2) is 47.6 Å². The number of rotatable bonds is 8. The highest BCUT2D eigenvalue weighted by Gasteiger charge is 2.07. The molecule has 7 nitrogen and oxygen atoms in total. The molecule has 0 heterocycles. The van der Waals surface area contributed by atoms with Crippen LogP contribution in [-0.2, 0) is 9.59 Å². The summed E-state index contributed by atoms with van der Waals surface area (Å²) in [4.78, 5) is 23.9. The summed E-state index contributed by atoms with van der Waals surface area (Å²) in [6.45, 7) is 3.31. The summed E-state index contributed by atoms with van der Waals surface area (Å²) in [5.41, 5.74) is 4.34. The third-order valence-corrected chi connectivity index (χ3v) is 4.06. The Morgan fingerprint density at radius 3 is 2.57 bits per heavy atom. The molecule has 0 aliphatic heterocycles. The standard InChI is InChI=1S/C20H22ClN3O4/c1-13-7-8-15(10-18(13)21)22-19(25)9-14(2)23-24-20(26)12-28-17-6-4-5-16(11-17)27-3/h4-8,10-11H,9,12H2,1-3H3,(H,22,25)(H,24,26)/b23-14-. The molecule has 148 valence electrons. The van der Waals surface area contributed by atoms with Crippen LogP contribution in [0.25, 0.3) is 0 Å². The smallest absolute Gasteiger partial charge is 0.277 e. The average molecular weight is 404 g/mol. The summed E-state index contributed by atoms with van der Waals surface area (Å²) < 4.78 is 10.5. The number of carbonyl (C=O) groups excluding carboxylic acids is 2. The maximum absolute atomic E-state index is 12.1. The fourth-order valence-corrected chi connectivity index (χ4v) is 2.36. The molecule has 2 aromatic carbocycles. The Hall–Kier alpha value is -3.06. The molecule has 0 bridgehead atoms. The first-order valence-corrected chi connectivity index (χ1v) is 8.90. The van der Waals surface area contributed by atoms with Gasteiger partial charge in [-0.2, -0.15) is 5.10 Å².